The average Bonchev–Trinajstić information content (AvgIpc) is 2.90. The van der Waals surface area contributed by atoms with Crippen LogP contribution in [0.15, 0.2) is 102 Å². The van der Waals surface area contributed by atoms with Crippen molar-refractivity contribution in [1.29, 1.82) is 0 Å². The third-order valence-corrected chi connectivity index (χ3v) is 7.09. The van der Waals surface area contributed by atoms with Crippen LogP contribution >= 0.6 is 0 Å². The molecule has 4 aromatic rings. The Balaban J connectivity index is 1.43. The molecule has 4 aromatic carbocycles. The van der Waals surface area contributed by atoms with Gasteiger partial charge in [-0.15, -0.1) is 0 Å². The maximum absolute atomic E-state index is 12.7. The Bertz CT molecular complexity index is 1490. The van der Waals surface area contributed by atoms with Crippen molar-refractivity contribution in [3.63, 3.8) is 0 Å². The number of benzene rings is 4. The molecule has 0 aliphatic carbocycles. The van der Waals surface area contributed by atoms with Crippen molar-refractivity contribution >= 4 is 15.9 Å². The topological polar surface area (TPSA) is 108 Å². The molecule has 0 fully saturated rings. The molecule has 0 heterocycles. The van der Waals surface area contributed by atoms with E-state index < -0.39 is 15.9 Å². The zero-order valence-electron chi connectivity index (χ0n) is 20.5. The smallest absolute Gasteiger partial charge is 0.265 e. The number of amides is 1. The summed E-state index contributed by atoms with van der Waals surface area (Å²) in [6.07, 6.45) is -0.297. The largest absolute Gasteiger partial charge is 0.486 e. The lowest BCUT2D eigenvalue weighted by Crippen LogP contribution is -2.30. The number of carbonyl (C=O) groups excluding carboxylic acids is 1. The first-order chi connectivity index (χ1) is 17.7. The lowest BCUT2D eigenvalue weighted by Gasteiger charge is -2.18. The van der Waals surface area contributed by atoms with Gasteiger partial charge < -0.3 is 15.2 Å². The van der Waals surface area contributed by atoms with E-state index in [1.54, 1.807) is 31.2 Å². The standard InChI is InChI=1S/C29H28N2O5S/c1-20-17-24(29(32)31-37(33,34)27-14-11-22(19-30)12-15-27)13-16-28(20)35-21(2)23-7-6-10-26(18-23)36-25-8-4-3-5-9-25/h3-18,21H,19,30H2,1-2H3,(H,31,32)/t21-/m1/s1. The van der Waals surface area contributed by atoms with Crippen LogP contribution in [-0.2, 0) is 16.6 Å². The molecular formula is C29H28N2O5S. The average molecular weight is 517 g/mol. The quantitative estimate of drug-likeness (QED) is 0.304. The monoisotopic (exact) mass is 516 g/mol. The maximum Gasteiger partial charge on any atom is 0.265 e. The Kier molecular flexibility index (Phi) is 7.91. The molecule has 190 valence electrons. The highest BCUT2D eigenvalue weighted by molar-refractivity contribution is 7.90. The molecule has 1 atom stereocenters. The van der Waals surface area contributed by atoms with E-state index in [9.17, 15) is 13.2 Å². The van der Waals surface area contributed by atoms with Gasteiger partial charge in [0.05, 0.1) is 4.90 Å². The van der Waals surface area contributed by atoms with Crippen LogP contribution in [-0.4, -0.2) is 14.3 Å². The summed E-state index contributed by atoms with van der Waals surface area (Å²) < 4.78 is 39.4. The van der Waals surface area contributed by atoms with Gasteiger partial charge in [0.25, 0.3) is 15.9 Å². The van der Waals surface area contributed by atoms with Crippen LogP contribution in [0.5, 0.6) is 17.2 Å². The fraction of sp³-hybridized carbons (Fsp3) is 0.138. The van der Waals surface area contributed by atoms with Gasteiger partial charge in [0.15, 0.2) is 0 Å². The molecular weight excluding hydrogens is 488 g/mol. The summed E-state index contributed by atoms with van der Waals surface area (Å²) in [5.41, 5.74) is 8.17. The number of ether oxygens (including phenoxy) is 2. The lowest BCUT2D eigenvalue weighted by atomic mass is 10.1. The zero-order chi connectivity index (χ0) is 26.4. The number of hydrogen-bond acceptors (Lipinski definition) is 6. The highest BCUT2D eigenvalue weighted by Crippen LogP contribution is 2.29. The molecule has 0 unspecified atom stereocenters. The number of rotatable bonds is 9. The summed E-state index contributed by atoms with van der Waals surface area (Å²) in [5, 5.41) is 0. The predicted octanol–water partition coefficient (Wildman–Crippen LogP) is 5.50. The van der Waals surface area contributed by atoms with Crippen molar-refractivity contribution in [1.82, 2.24) is 4.72 Å². The summed E-state index contributed by atoms with van der Waals surface area (Å²) in [6.45, 7) is 4.02. The van der Waals surface area contributed by atoms with E-state index in [0.717, 1.165) is 16.9 Å². The number of para-hydroxylation sites is 1. The molecule has 3 N–H and O–H groups in total. The number of nitrogens with one attached hydrogen (secondary N) is 1. The van der Waals surface area contributed by atoms with Crippen molar-refractivity contribution in [2.24, 2.45) is 5.73 Å². The van der Waals surface area contributed by atoms with Gasteiger partial charge in [-0.2, -0.15) is 0 Å². The van der Waals surface area contributed by atoms with Gasteiger partial charge in [-0.3, -0.25) is 4.79 Å². The molecule has 0 saturated heterocycles. The Morgan fingerprint density at radius 2 is 1.59 bits per heavy atom. The molecule has 37 heavy (non-hydrogen) atoms. The van der Waals surface area contributed by atoms with E-state index >= 15 is 0 Å². The summed E-state index contributed by atoms with van der Waals surface area (Å²) in [7, 11) is -4.02. The van der Waals surface area contributed by atoms with Gasteiger partial charge in [-0.1, -0.05) is 42.5 Å². The molecule has 7 nitrogen and oxygen atoms in total. The minimum Gasteiger partial charge on any atom is -0.486 e. The normalized spacial score (nSPS) is 12.0. The van der Waals surface area contributed by atoms with Gasteiger partial charge in [0, 0.05) is 12.1 Å². The summed E-state index contributed by atoms with van der Waals surface area (Å²) in [5.74, 6) is 1.30. The first-order valence-corrected chi connectivity index (χ1v) is 13.2. The Hall–Kier alpha value is -4.14. The first kappa shape index (κ1) is 25.9. The van der Waals surface area contributed by atoms with E-state index in [0.29, 0.717) is 23.6 Å². The first-order valence-electron chi connectivity index (χ1n) is 11.7. The van der Waals surface area contributed by atoms with E-state index in [1.807, 2.05) is 61.5 Å². The van der Waals surface area contributed by atoms with E-state index in [-0.39, 0.29) is 16.6 Å². The van der Waals surface area contributed by atoms with Crippen LogP contribution in [0.4, 0.5) is 0 Å². The summed E-state index contributed by atoms with van der Waals surface area (Å²) >= 11 is 0. The molecule has 0 aliphatic rings. The second kappa shape index (κ2) is 11.3. The van der Waals surface area contributed by atoms with Crippen molar-refractivity contribution in [3.8, 4) is 17.2 Å². The molecule has 4 rings (SSSR count). The van der Waals surface area contributed by atoms with Crippen molar-refractivity contribution in [3.05, 3.63) is 119 Å². The Morgan fingerprint density at radius 3 is 2.27 bits per heavy atom. The van der Waals surface area contributed by atoms with Gasteiger partial charge in [-0.05, 0) is 85.1 Å². The zero-order valence-corrected chi connectivity index (χ0v) is 21.4. The van der Waals surface area contributed by atoms with Crippen LogP contribution in [0.2, 0.25) is 0 Å². The molecule has 0 spiro atoms. The Labute approximate surface area is 216 Å². The highest BCUT2D eigenvalue weighted by atomic mass is 32.2. The number of nitrogens with two attached hydrogens (primary N) is 1. The lowest BCUT2D eigenvalue weighted by molar-refractivity contribution is 0.0981. The van der Waals surface area contributed by atoms with Gasteiger partial charge in [-0.25, -0.2) is 13.1 Å². The molecule has 0 saturated carbocycles. The minimum absolute atomic E-state index is 0.0120. The molecule has 0 aromatic heterocycles. The molecule has 8 heteroatoms. The van der Waals surface area contributed by atoms with Gasteiger partial charge >= 0.3 is 0 Å². The number of sulfonamides is 1. The van der Waals surface area contributed by atoms with E-state index in [1.165, 1.54) is 18.2 Å². The van der Waals surface area contributed by atoms with Crippen molar-refractivity contribution in [2.75, 3.05) is 0 Å². The van der Waals surface area contributed by atoms with Crippen molar-refractivity contribution < 1.29 is 22.7 Å². The third kappa shape index (κ3) is 6.55. The fourth-order valence-electron chi connectivity index (χ4n) is 3.68. The van der Waals surface area contributed by atoms with E-state index in [4.69, 9.17) is 15.2 Å². The van der Waals surface area contributed by atoms with E-state index in [2.05, 4.69) is 4.72 Å². The third-order valence-electron chi connectivity index (χ3n) is 5.74. The second-order valence-electron chi connectivity index (χ2n) is 8.51. The second-order valence-corrected chi connectivity index (χ2v) is 10.2. The predicted molar refractivity (Wildman–Crippen MR) is 142 cm³/mol. The van der Waals surface area contributed by atoms with Crippen LogP contribution in [0.3, 0.4) is 0 Å². The van der Waals surface area contributed by atoms with Crippen molar-refractivity contribution in [2.45, 2.75) is 31.4 Å². The molecule has 0 aliphatic heterocycles. The van der Waals surface area contributed by atoms with Crippen LogP contribution in [0.25, 0.3) is 0 Å². The SMILES string of the molecule is Cc1cc(C(=O)NS(=O)(=O)c2ccc(CN)cc2)ccc1O[C@H](C)c1cccc(Oc2ccccc2)c1. The fourth-order valence-corrected chi connectivity index (χ4v) is 4.66. The van der Waals surface area contributed by atoms with Gasteiger partial charge in [0.1, 0.15) is 23.4 Å². The molecule has 1 amide bonds. The number of hydrogen-bond donors (Lipinski definition) is 2. The van der Waals surface area contributed by atoms with Crippen LogP contribution in [0.1, 0.15) is 40.1 Å². The molecule has 0 bridgehead atoms. The Morgan fingerprint density at radius 1 is 0.892 bits per heavy atom. The summed E-state index contributed by atoms with van der Waals surface area (Å²) in [6, 6.07) is 28.0. The number of carbonyl (C=O) groups is 1. The maximum atomic E-state index is 12.7. The summed E-state index contributed by atoms with van der Waals surface area (Å²) in [4.78, 5) is 12.7. The minimum atomic E-state index is -4.02. The number of aryl methyl sites for hydroxylation is 1. The highest BCUT2D eigenvalue weighted by Gasteiger charge is 2.20. The van der Waals surface area contributed by atoms with Crippen LogP contribution < -0.4 is 19.9 Å². The molecule has 0 radical (unpaired) electrons. The van der Waals surface area contributed by atoms with Gasteiger partial charge in [0.2, 0.25) is 0 Å². The van der Waals surface area contributed by atoms with Crippen LogP contribution in [0, 0.1) is 6.92 Å².